The lowest BCUT2D eigenvalue weighted by atomic mass is 10.1. The maximum atomic E-state index is 11.7. The number of nitrogens with zero attached hydrogens (tertiary/aromatic N) is 4. The van der Waals surface area contributed by atoms with E-state index in [0.29, 0.717) is 43.0 Å². The first-order chi connectivity index (χ1) is 11.9. The van der Waals surface area contributed by atoms with Crippen molar-refractivity contribution in [2.24, 2.45) is 11.8 Å². The maximum absolute atomic E-state index is 11.7. The SMILES string of the molecule is CC(C)CN(CC(C)C)c1ncnc(NCc2ccco2)c1[N+](=O)[O-]. The van der Waals surface area contributed by atoms with E-state index in [1.807, 2.05) is 4.90 Å². The molecule has 8 heteroatoms. The van der Waals surface area contributed by atoms with Gasteiger partial charge in [0.05, 0.1) is 17.7 Å². The highest BCUT2D eigenvalue weighted by atomic mass is 16.6. The normalized spacial score (nSPS) is 11.1. The number of rotatable bonds is 9. The first kappa shape index (κ1) is 18.7. The lowest BCUT2D eigenvalue weighted by molar-refractivity contribution is -0.383. The first-order valence-corrected chi connectivity index (χ1v) is 8.39. The molecule has 0 spiro atoms. The summed E-state index contributed by atoms with van der Waals surface area (Å²) in [7, 11) is 0. The summed E-state index contributed by atoms with van der Waals surface area (Å²) in [4.78, 5) is 21.5. The highest BCUT2D eigenvalue weighted by Gasteiger charge is 2.27. The van der Waals surface area contributed by atoms with Crippen LogP contribution >= 0.6 is 0 Å². The van der Waals surface area contributed by atoms with Crippen molar-refractivity contribution < 1.29 is 9.34 Å². The van der Waals surface area contributed by atoms with E-state index in [2.05, 4.69) is 43.0 Å². The van der Waals surface area contributed by atoms with Gasteiger partial charge in [-0.25, -0.2) is 9.97 Å². The number of hydrogen-bond acceptors (Lipinski definition) is 7. The van der Waals surface area contributed by atoms with Crippen molar-refractivity contribution in [2.75, 3.05) is 23.3 Å². The maximum Gasteiger partial charge on any atom is 0.353 e. The number of aromatic nitrogens is 2. The van der Waals surface area contributed by atoms with E-state index in [0.717, 1.165) is 0 Å². The average Bonchev–Trinajstić information content (AvgIpc) is 3.04. The predicted octanol–water partition coefficient (Wildman–Crippen LogP) is 3.71. The minimum atomic E-state index is -0.423. The van der Waals surface area contributed by atoms with E-state index in [1.165, 1.54) is 6.33 Å². The summed E-state index contributed by atoms with van der Waals surface area (Å²) < 4.78 is 5.25. The van der Waals surface area contributed by atoms with Crippen LogP contribution < -0.4 is 10.2 Å². The predicted molar refractivity (Wildman–Crippen MR) is 96.6 cm³/mol. The van der Waals surface area contributed by atoms with Crippen molar-refractivity contribution in [1.29, 1.82) is 0 Å². The molecule has 0 saturated heterocycles. The number of anilines is 2. The summed E-state index contributed by atoms with van der Waals surface area (Å²) in [5.74, 6) is 1.93. The van der Waals surface area contributed by atoms with Crippen LogP contribution in [0.5, 0.6) is 0 Å². The molecule has 0 saturated carbocycles. The Kier molecular flexibility index (Phi) is 6.32. The molecule has 0 aliphatic rings. The smallest absolute Gasteiger partial charge is 0.353 e. The van der Waals surface area contributed by atoms with E-state index in [4.69, 9.17) is 4.42 Å². The molecule has 2 aromatic heterocycles. The number of furan rings is 1. The molecular weight excluding hydrogens is 322 g/mol. The Hall–Kier alpha value is -2.64. The van der Waals surface area contributed by atoms with E-state index in [9.17, 15) is 10.1 Å². The molecule has 2 rings (SSSR count). The molecule has 136 valence electrons. The van der Waals surface area contributed by atoms with Crippen molar-refractivity contribution in [3.05, 3.63) is 40.6 Å². The van der Waals surface area contributed by atoms with Crippen molar-refractivity contribution in [3.8, 4) is 0 Å². The van der Waals surface area contributed by atoms with Crippen LogP contribution in [-0.2, 0) is 6.54 Å². The third-order valence-corrected chi connectivity index (χ3v) is 3.47. The molecule has 0 unspecified atom stereocenters. The molecule has 0 radical (unpaired) electrons. The van der Waals surface area contributed by atoms with Crippen LogP contribution in [0, 0.1) is 22.0 Å². The van der Waals surface area contributed by atoms with Crippen LogP contribution in [0.25, 0.3) is 0 Å². The quantitative estimate of drug-likeness (QED) is 0.545. The summed E-state index contributed by atoms with van der Waals surface area (Å²) >= 11 is 0. The fraction of sp³-hybridized carbons (Fsp3) is 0.529. The molecule has 0 aliphatic heterocycles. The molecule has 1 N–H and O–H groups in total. The summed E-state index contributed by atoms with van der Waals surface area (Å²) in [5.41, 5.74) is -0.102. The zero-order chi connectivity index (χ0) is 18.4. The summed E-state index contributed by atoms with van der Waals surface area (Å²) in [6.07, 6.45) is 2.92. The van der Waals surface area contributed by atoms with Crippen molar-refractivity contribution in [3.63, 3.8) is 0 Å². The Balaban J connectivity index is 2.35. The Morgan fingerprint density at radius 1 is 1.24 bits per heavy atom. The van der Waals surface area contributed by atoms with Gasteiger partial charge in [0, 0.05) is 13.1 Å². The standard InChI is InChI=1S/C17H25N5O3/c1-12(2)9-21(10-13(3)4)17-15(22(23)24)16(19-11-20-17)18-8-14-6-5-7-25-14/h5-7,11-13H,8-10H2,1-4H3,(H,18,19,20). The van der Waals surface area contributed by atoms with Gasteiger partial charge in [-0.15, -0.1) is 0 Å². The second-order valence-electron chi connectivity index (χ2n) is 6.78. The minimum absolute atomic E-state index is 0.102. The average molecular weight is 347 g/mol. The number of hydrogen-bond donors (Lipinski definition) is 1. The zero-order valence-corrected chi connectivity index (χ0v) is 15.1. The molecule has 0 amide bonds. The van der Waals surface area contributed by atoms with Crippen molar-refractivity contribution in [1.82, 2.24) is 9.97 Å². The Labute approximate surface area is 147 Å². The van der Waals surface area contributed by atoms with E-state index in [-0.39, 0.29) is 11.5 Å². The third kappa shape index (κ3) is 5.17. The van der Waals surface area contributed by atoms with Crippen LogP contribution in [0.15, 0.2) is 29.1 Å². The summed E-state index contributed by atoms with van der Waals surface area (Å²) in [5, 5.41) is 14.7. The number of nitro groups is 1. The second kappa shape index (κ2) is 8.46. The van der Waals surface area contributed by atoms with Gasteiger partial charge >= 0.3 is 5.69 Å². The monoisotopic (exact) mass is 347 g/mol. The van der Waals surface area contributed by atoms with E-state index >= 15 is 0 Å². The van der Waals surface area contributed by atoms with Gasteiger partial charge in [0.25, 0.3) is 0 Å². The second-order valence-corrected chi connectivity index (χ2v) is 6.78. The largest absolute Gasteiger partial charge is 0.467 e. The van der Waals surface area contributed by atoms with Gasteiger partial charge in [-0.3, -0.25) is 10.1 Å². The van der Waals surface area contributed by atoms with Gasteiger partial charge < -0.3 is 14.6 Å². The fourth-order valence-electron chi connectivity index (χ4n) is 2.61. The summed E-state index contributed by atoms with van der Waals surface area (Å²) in [6, 6.07) is 3.56. The summed E-state index contributed by atoms with van der Waals surface area (Å²) in [6.45, 7) is 10.0. The molecule has 0 fully saturated rings. The van der Waals surface area contributed by atoms with E-state index in [1.54, 1.807) is 18.4 Å². The number of nitrogens with one attached hydrogen (secondary N) is 1. The van der Waals surface area contributed by atoms with Gasteiger partial charge in [0.15, 0.2) is 0 Å². The van der Waals surface area contributed by atoms with E-state index < -0.39 is 4.92 Å². The van der Waals surface area contributed by atoms with Crippen LogP contribution in [0.3, 0.4) is 0 Å². The molecule has 2 heterocycles. The molecule has 0 bridgehead atoms. The zero-order valence-electron chi connectivity index (χ0n) is 15.1. The van der Waals surface area contributed by atoms with Crippen LogP contribution in [0.4, 0.5) is 17.3 Å². The highest BCUT2D eigenvalue weighted by Crippen LogP contribution is 2.32. The van der Waals surface area contributed by atoms with Crippen molar-refractivity contribution >= 4 is 17.3 Å². The third-order valence-electron chi connectivity index (χ3n) is 3.47. The van der Waals surface area contributed by atoms with Gasteiger partial charge in [0.2, 0.25) is 11.6 Å². The molecule has 0 atom stereocenters. The topological polar surface area (TPSA) is 97.3 Å². The van der Waals surface area contributed by atoms with Crippen LogP contribution in [-0.4, -0.2) is 28.0 Å². The fourth-order valence-corrected chi connectivity index (χ4v) is 2.61. The molecule has 2 aromatic rings. The van der Waals surface area contributed by atoms with Gasteiger partial charge in [0.1, 0.15) is 12.1 Å². The lowest BCUT2D eigenvalue weighted by Crippen LogP contribution is -2.32. The molecule has 25 heavy (non-hydrogen) atoms. The van der Waals surface area contributed by atoms with Crippen LogP contribution in [0.1, 0.15) is 33.5 Å². The van der Waals surface area contributed by atoms with Crippen LogP contribution in [0.2, 0.25) is 0 Å². The minimum Gasteiger partial charge on any atom is -0.467 e. The molecular formula is C17H25N5O3. The Morgan fingerprint density at radius 3 is 2.44 bits per heavy atom. The van der Waals surface area contributed by atoms with Gasteiger partial charge in [-0.1, -0.05) is 27.7 Å². The Morgan fingerprint density at radius 2 is 1.92 bits per heavy atom. The highest BCUT2D eigenvalue weighted by molar-refractivity contribution is 5.70. The van der Waals surface area contributed by atoms with Gasteiger partial charge in [-0.2, -0.15) is 0 Å². The first-order valence-electron chi connectivity index (χ1n) is 8.39. The Bertz CT molecular complexity index is 676. The van der Waals surface area contributed by atoms with Crippen molar-refractivity contribution in [2.45, 2.75) is 34.2 Å². The molecule has 0 aliphatic carbocycles. The van der Waals surface area contributed by atoms with Gasteiger partial charge in [-0.05, 0) is 24.0 Å². The molecule has 8 nitrogen and oxygen atoms in total. The lowest BCUT2D eigenvalue weighted by Gasteiger charge is -2.27. The molecule has 0 aromatic carbocycles.